The van der Waals surface area contributed by atoms with Crippen LogP contribution in [-0.2, 0) is 0 Å². The first-order chi connectivity index (χ1) is 1.73. The fourth-order valence-electron chi connectivity index (χ4n) is 0. The summed E-state index contributed by atoms with van der Waals surface area (Å²) in [5.41, 5.74) is 0. The summed E-state index contributed by atoms with van der Waals surface area (Å²) in [6.45, 7) is 0. The maximum Gasteiger partial charge on any atom is 0.316 e. The van der Waals surface area contributed by atoms with E-state index in [2.05, 4.69) is 0 Å². The normalized spacial score (nSPS) is 4.00. The molecule has 4 nitrogen and oxygen atoms in total. The first-order valence-electron chi connectivity index (χ1n) is 0.565. The average molecular weight is 229 g/mol. The van der Waals surface area contributed by atoms with Gasteiger partial charge in [-0.05, 0) is 0 Å². The molecule has 0 heterocycles. The summed E-state index contributed by atoms with van der Waals surface area (Å²) < 4.78 is 0. The number of hydrogen-bond donors (Lipinski definition) is 1. The van der Waals surface area contributed by atoms with E-state index in [1.807, 2.05) is 0 Å². The summed E-state index contributed by atoms with van der Waals surface area (Å²) in [5.74, 6) is 0. The van der Waals surface area contributed by atoms with Crippen LogP contribution in [0, 0.1) is 10.1 Å². The Kier molecular flexibility index (Phi) is 25.4. The van der Waals surface area contributed by atoms with E-state index >= 15 is 0 Å². The SMILES string of the molecule is O=[N+]([O-])O.[BaH2].[MgH2]. The predicted octanol–water partition coefficient (Wildman–Crippen LogP) is -2.18. The Morgan fingerprint density at radius 2 is 1.67 bits per heavy atom. The van der Waals surface area contributed by atoms with Crippen LogP contribution in [0.3, 0.4) is 0 Å². The molecule has 0 radical (unpaired) electrons. The van der Waals surface area contributed by atoms with Crippen LogP contribution in [0.1, 0.15) is 0 Å². The van der Waals surface area contributed by atoms with Crippen LogP contribution in [0.25, 0.3) is 0 Å². The van der Waals surface area contributed by atoms with Gasteiger partial charge in [0.05, 0.1) is 0 Å². The quantitative estimate of drug-likeness (QED) is 0.291. The Bertz CT molecular complexity index is 33.8. The topological polar surface area (TPSA) is 63.4 Å². The Labute approximate surface area is 90.6 Å². The zero-order valence-electron chi connectivity index (χ0n) is 1.71. The molecule has 0 aromatic carbocycles. The minimum absolute atomic E-state index is 0. The van der Waals surface area contributed by atoms with Gasteiger partial charge in [0.1, 0.15) is 0 Å². The number of hydrogen-bond acceptors (Lipinski definition) is 2. The standard InChI is InChI=1S/Ba.Mg.HNO3.4H/c;;2-1(3)4;;;;/h;;(H,2,3,4);;;;. The second-order valence-corrected chi connectivity index (χ2v) is 0.238. The molecule has 0 aliphatic carbocycles. The van der Waals surface area contributed by atoms with Gasteiger partial charge in [-0.15, -0.1) is 10.1 Å². The van der Waals surface area contributed by atoms with Gasteiger partial charge in [0.2, 0.25) is 0 Å². The molecule has 0 spiro atoms. The van der Waals surface area contributed by atoms with Gasteiger partial charge >= 0.3 is 71.9 Å². The minimum Gasteiger partial charge on any atom is 0.316 e. The van der Waals surface area contributed by atoms with E-state index < -0.39 is 5.09 Å². The van der Waals surface area contributed by atoms with E-state index in [0.29, 0.717) is 0 Å². The molecule has 0 bridgehead atoms. The van der Waals surface area contributed by atoms with Crippen LogP contribution in [-0.4, -0.2) is 82.2 Å². The van der Waals surface area contributed by atoms with Crippen molar-refractivity contribution >= 4 is 71.9 Å². The van der Waals surface area contributed by atoms with Crippen molar-refractivity contribution < 1.29 is 10.3 Å². The van der Waals surface area contributed by atoms with E-state index in [0.717, 1.165) is 0 Å². The second kappa shape index (κ2) is 9.74. The smallest absolute Gasteiger partial charge is 0.316 e. The molecule has 0 aliphatic rings. The molecule has 6 heteroatoms. The molecule has 0 unspecified atom stereocenters. The van der Waals surface area contributed by atoms with Crippen molar-refractivity contribution in [3.05, 3.63) is 10.1 Å². The largest absolute Gasteiger partial charge is 0.316 e. The molecule has 0 aromatic rings. The first kappa shape index (κ1) is 15.6. The van der Waals surface area contributed by atoms with Crippen molar-refractivity contribution in [1.82, 2.24) is 0 Å². The van der Waals surface area contributed by atoms with E-state index in [1.54, 1.807) is 0 Å². The minimum atomic E-state index is -1.50. The van der Waals surface area contributed by atoms with Crippen molar-refractivity contribution in [2.45, 2.75) is 0 Å². The molecule has 6 heavy (non-hydrogen) atoms. The second-order valence-electron chi connectivity index (χ2n) is 0.238. The van der Waals surface area contributed by atoms with Crippen molar-refractivity contribution in [1.29, 1.82) is 0 Å². The molecule has 0 rings (SSSR count). The summed E-state index contributed by atoms with van der Waals surface area (Å²) in [4.78, 5) is 8.36. The van der Waals surface area contributed by atoms with Crippen LogP contribution in [0.4, 0.5) is 0 Å². The van der Waals surface area contributed by atoms with Gasteiger partial charge < -0.3 is 5.21 Å². The fraction of sp³-hybridized carbons (Fsp3) is 0. The number of rotatable bonds is 0. The summed E-state index contributed by atoms with van der Waals surface area (Å²) in [6, 6.07) is 0. The number of nitrogens with zero attached hydrogens (tertiary/aromatic N) is 1. The van der Waals surface area contributed by atoms with Crippen molar-refractivity contribution in [3.63, 3.8) is 0 Å². The van der Waals surface area contributed by atoms with Crippen LogP contribution >= 0.6 is 0 Å². The molecule has 32 valence electrons. The van der Waals surface area contributed by atoms with Crippen molar-refractivity contribution in [2.24, 2.45) is 0 Å². The zero-order valence-corrected chi connectivity index (χ0v) is 1.71. The molecule has 0 amide bonds. The summed E-state index contributed by atoms with van der Waals surface area (Å²) in [6.07, 6.45) is 0. The van der Waals surface area contributed by atoms with Crippen molar-refractivity contribution in [3.8, 4) is 0 Å². The molecule has 0 aliphatic heterocycles. The third kappa shape index (κ3) is 48.2. The summed E-state index contributed by atoms with van der Waals surface area (Å²) in [7, 11) is 0. The first-order valence-corrected chi connectivity index (χ1v) is 0.565. The molecular weight excluding hydrogens is 224 g/mol. The summed E-state index contributed by atoms with van der Waals surface area (Å²) >= 11 is 0. The Balaban J connectivity index is -0.0000000450. The van der Waals surface area contributed by atoms with Gasteiger partial charge in [-0.3, -0.25) is 0 Å². The van der Waals surface area contributed by atoms with Crippen LogP contribution in [0.5, 0.6) is 0 Å². The van der Waals surface area contributed by atoms with E-state index in [1.165, 1.54) is 0 Å². The molecule has 0 aromatic heterocycles. The molecule has 0 atom stereocenters. The fourth-order valence-corrected chi connectivity index (χ4v) is 0. The summed E-state index contributed by atoms with van der Waals surface area (Å²) in [5, 5.41) is 13.6. The Morgan fingerprint density at radius 3 is 1.67 bits per heavy atom. The monoisotopic (exact) mass is 229 g/mol. The van der Waals surface area contributed by atoms with Gasteiger partial charge in [-0.1, -0.05) is 0 Å². The third-order valence-electron chi connectivity index (χ3n) is 0. The van der Waals surface area contributed by atoms with Gasteiger partial charge in [-0.25, -0.2) is 0 Å². The van der Waals surface area contributed by atoms with E-state index in [4.69, 9.17) is 15.3 Å². The predicted molar refractivity (Wildman–Crippen MR) is 25.9 cm³/mol. The molecule has 0 saturated heterocycles. The van der Waals surface area contributed by atoms with Gasteiger partial charge in [-0.2, -0.15) is 0 Å². The zero-order chi connectivity index (χ0) is 3.58. The molecule has 1 N–H and O–H groups in total. The van der Waals surface area contributed by atoms with E-state index in [-0.39, 0.29) is 71.9 Å². The van der Waals surface area contributed by atoms with Gasteiger partial charge in [0, 0.05) is 0 Å². The molecule has 0 saturated carbocycles. The van der Waals surface area contributed by atoms with Crippen LogP contribution in [0.15, 0.2) is 0 Å². The molecule has 0 fully saturated rings. The van der Waals surface area contributed by atoms with E-state index in [9.17, 15) is 0 Å². The Morgan fingerprint density at radius 1 is 1.67 bits per heavy atom. The Hall–Kier alpha value is 1.54. The van der Waals surface area contributed by atoms with Gasteiger partial charge in [0.15, 0.2) is 0 Å². The molecular formula is H5BaMgNO3. The van der Waals surface area contributed by atoms with Gasteiger partial charge in [0.25, 0.3) is 5.09 Å². The maximum absolute atomic E-state index is 8.36. The maximum atomic E-state index is 8.36. The average Bonchev–Trinajstić information content (AvgIpc) is 0.811. The van der Waals surface area contributed by atoms with Crippen LogP contribution < -0.4 is 0 Å². The van der Waals surface area contributed by atoms with Crippen molar-refractivity contribution in [2.75, 3.05) is 0 Å². The van der Waals surface area contributed by atoms with Crippen LogP contribution in [0.2, 0.25) is 0 Å². The third-order valence-corrected chi connectivity index (χ3v) is 0.